The van der Waals surface area contributed by atoms with Crippen molar-refractivity contribution in [3.05, 3.63) is 53.7 Å². The van der Waals surface area contributed by atoms with Crippen LogP contribution in [0.5, 0.6) is 0 Å². The molecule has 0 unspecified atom stereocenters. The predicted molar refractivity (Wildman–Crippen MR) is 68.7 cm³/mol. The molecule has 0 saturated heterocycles. The van der Waals surface area contributed by atoms with Gasteiger partial charge in [0.05, 0.1) is 12.2 Å². The van der Waals surface area contributed by atoms with Crippen LogP contribution in [0.25, 0.3) is 0 Å². The Kier molecular flexibility index (Phi) is 4.50. The molecule has 18 heavy (non-hydrogen) atoms. The third kappa shape index (κ3) is 3.42. The predicted octanol–water partition coefficient (Wildman–Crippen LogP) is 2.19. The van der Waals surface area contributed by atoms with Crippen LogP contribution in [-0.4, -0.2) is 21.5 Å². The lowest BCUT2D eigenvalue weighted by molar-refractivity contribution is 0.218. The molecule has 0 atom stereocenters. The van der Waals surface area contributed by atoms with E-state index in [4.69, 9.17) is 9.52 Å². The van der Waals surface area contributed by atoms with E-state index >= 15 is 0 Å². The largest absolute Gasteiger partial charge is 0.462 e. The van der Waals surface area contributed by atoms with E-state index < -0.39 is 0 Å². The van der Waals surface area contributed by atoms with Crippen LogP contribution in [0.3, 0.4) is 0 Å². The van der Waals surface area contributed by atoms with Crippen molar-refractivity contribution in [2.75, 3.05) is 6.54 Å². The Morgan fingerprint density at radius 3 is 2.61 bits per heavy atom. The van der Waals surface area contributed by atoms with Crippen LogP contribution in [0, 0.1) is 0 Å². The number of pyridine rings is 1. The normalized spacial score (nSPS) is 11.1. The summed E-state index contributed by atoms with van der Waals surface area (Å²) < 4.78 is 5.49. The van der Waals surface area contributed by atoms with E-state index in [1.807, 2.05) is 30.3 Å². The summed E-state index contributed by atoms with van der Waals surface area (Å²) in [6, 6.07) is 9.65. The summed E-state index contributed by atoms with van der Waals surface area (Å²) in [5.74, 6) is 1.48. The number of hydrogen-bond acceptors (Lipinski definition) is 4. The smallest absolute Gasteiger partial charge is 0.129 e. The molecule has 0 aliphatic heterocycles. The van der Waals surface area contributed by atoms with E-state index in [1.165, 1.54) is 0 Å². The van der Waals surface area contributed by atoms with E-state index in [0.717, 1.165) is 31.1 Å². The minimum absolute atomic E-state index is 0.0492. The molecule has 2 aromatic rings. The summed E-state index contributed by atoms with van der Waals surface area (Å²) in [5, 5.41) is 8.96. The van der Waals surface area contributed by atoms with Crippen LogP contribution in [0.15, 0.2) is 40.9 Å². The molecule has 4 heteroatoms. The second-order valence-corrected chi connectivity index (χ2v) is 4.15. The van der Waals surface area contributed by atoms with Gasteiger partial charge in [0.15, 0.2) is 0 Å². The van der Waals surface area contributed by atoms with Gasteiger partial charge in [0.2, 0.25) is 0 Å². The van der Waals surface area contributed by atoms with Crippen molar-refractivity contribution in [1.29, 1.82) is 0 Å². The monoisotopic (exact) mass is 246 g/mol. The molecule has 0 amide bonds. The molecule has 0 bridgehead atoms. The van der Waals surface area contributed by atoms with Gasteiger partial charge in [-0.25, -0.2) is 0 Å². The average molecular weight is 246 g/mol. The molecule has 0 aliphatic rings. The van der Waals surface area contributed by atoms with Crippen molar-refractivity contribution in [3.8, 4) is 0 Å². The first-order valence-electron chi connectivity index (χ1n) is 6.12. The van der Waals surface area contributed by atoms with Gasteiger partial charge >= 0.3 is 0 Å². The molecular formula is C14H18N2O2. The molecule has 2 rings (SSSR count). The Labute approximate surface area is 107 Å². The lowest BCUT2D eigenvalue weighted by Crippen LogP contribution is -2.22. The molecule has 2 aromatic heterocycles. The van der Waals surface area contributed by atoms with Gasteiger partial charge in [-0.2, -0.15) is 0 Å². The molecule has 96 valence electrons. The number of nitrogens with zero attached hydrogens (tertiary/aromatic N) is 2. The molecule has 2 heterocycles. The van der Waals surface area contributed by atoms with Crippen molar-refractivity contribution in [3.63, 3.8) is 0 Å². The van der Waals surface area contributed by atoms with Crippen LogP contribution in [0.1, 0.15) is 24.1 Å². The van der Waals surface area contributed by atoms with E-state index in [1.54, 1.807) is 6.20 Å². The minimum Gasteiger partial charge on any atom is -0.462 e. The summed E-state index contributed by atoms with van der Waals surface area (Å²) >= 11 is 0. The molecule has 0 aliphatic carbocycles. The summed E-state index contributed by atoms with van der Waals surface area (Å²) in [4.78, 5) is 6.56. The Bertz CT molecular complexity index is 468. The summed E-state index contributed by atoms with van der Waals surface area (Å²) in [6.45, 7) is 4.51. The molecule has 0 spiro atoms. The van der Waals surface area contributed by atoms with E-state index in [-0.39, 0.29) is 6.61 Å². The molecule has 0 radical (unpaired) electrons. The highest BCUT2D eigenvalue weighted by atomic mass is 16.4. The van der Waals surface area contributed by atoms with Gasteiger partial charge in [0.25, 0.3) is 0 Å². The number of aliphatic hydroxyl groups is 1. The third-order valence-corrected chi connectivity index (χ3v) is 2.81. The van der Waals surface area contributed by atoms with Crippen molar-refractivity contribution in [2.24, 2.45) is 0 Å². The quantitative estimate of drug-likeness (QED) is 0.848. The van der Waals surface area contributed by atoms with Gasteiger partial charge in [-0.1, -0.05) is 13.0 Å². The number of rotatable bonds is 6. The zero-order valence-electron chi connectivity index (χ0n) is 10.5. The first kappa shape index (κ1) is 12.8. The van der Waals surface area contributed by atoms with Gasteiger partial charge in [-0.3, -0.25) is 9.88 Å². The van der Waals surface area contributed by atoms with Crippen molar-refractivity contribution >= 4 is 0 Å². The third-order valence-electron chi connectivity index (χ3n) is 2.81. The van der Waals surface area contributed by atoms with Crippen LogP contribution >= 0.6 is 0 Å². The second-order valence-electron chi connectivity index (χ2n) is 4.15. The van der Waals surface area contributed by atoms with Crippen LogP contribution in [0.4, 0.5) is 0 Å². The molecule has 0 aromatic carbocycles. The summed E-state index contributed by atoms with van der Waals surface area (Å²) in [7, 11) is 0. The second kappa shape index (κ2) is 6.33. The standard InChI is InChI=1S/C14H18N2O2/c1-2-16(9-12-5-3-4-8-15-12)10-13-6-7-14(11-17)18-13/h3-8,17H,2,9-11H2,1H3. The van der Waals surface area contributed by atoms with Crippen molar-refractivity contribution in [1.82, 2.24) is 9.88 Å². The van der Waals surface area contributed by atoms with Crippen molar-refractivity contribution < 1.29 is 9.52 Å². The molecule has 0 fully saturated rings. The fraction of sp³-hybridized carbons (Fsp3) is 0.357. The van der Waals surface area contributed by atoms with Gasteiger partial charge in [0.1, 0.15) is 18.1 Å². The maximum absolute atomic E-state index is 8.96. The lowest BCUT2D eigenvalue weighted by Gasteiger charge is -2.18. The SMILES string of the molecule is CCN(Cc1ccccn1)Cc1ccc(CO)o1. The lowest BCUT2D eigenvalue weighted by atomic mass is 10.3. The topological polar surface area (TPSA) is 49.5 Å². The number of aromatic nitrogens is 1. The van der Waals surface area contributed by atoms with Gasteiger partial charge in [-0.15, -0.1) is 0 Å². The zero-order chi connectivity index (χ0) is 12.8. The Balaban J connectivity index is 1.97. The Morgan fingerprint density at radius 2 is 2.00 bits per heavy atom. The number of hydrogen-bond donors (Lipinski definition) is 1. The highest BCUT2D eigenvalue weighted by Gasteiger charge is 2.08. The number of furan rings is 1. The van der Waals surface area contributed by atoms with E-state index in [2.05, 4.69) is 16.8 Å². The average Bonchev–Trinajstić information content (AvgIpc) is 2.87. The Hall–Kier alpha value is -1.65. The highest BCUT2D eigenvalue weighted by molar-refractivity contribution is 5.07. The minimum atomic E-state index is -0.0492. The summed E-state index contributed by atoms with van der Waals surface area (Å²) in [5.41, 5.74) is 1.05. The van der Waals surface area contributed by atoms with E-state index in [0.29, 0.717) is 5.76 Å². The fourth-order valence-corrected chi connectivity index (χ4v) is 1.81. The molecule has 0 saturated carbocycles. The van der Waals surface area contributed by atoms with Crippen molar-refractivity contribution in [2.45, 2.75) is 26.6 Å². The van der Waals surface area contributed by atoms with E-state index in [9.17, 15) is 0 Å². The Morgan fingerprint density at radius 1 is 1.17 bits per heavy atom. The maximum atomic E-state index is 8.96. The first-order chi connectivity index (χ1) is 8.81. The van der Waals surface area contributed by atoms with Gasteiger partial charge < -0.3 is 9.52 Å². The first-order valence-corrected chi connectivity index (χ1v) is 6.12. The van der Waals surface area contributed by atoms with Crippen LogP contribution in [0.2, 0.25) is 0 Å². The molecular weight excluding hydrogens is 228 g/mol. The van der Waals surface area contributed by atoms with Crippen LogP contribution in [-0.2, 0) is 19.7 Å². The highest BCUT2D eigenvalue weighted by Crippen LogP contribution is 2.12. The zero-order valence-corrected chi connectivity index (χ0v) is 10.5. The fourth-order valence-electron chi connectivity index (χ4n) is 1.81. The molecule has 1 N–H and O–H groups in total. The van der Waals surface area contributed by atoms with Gasteiger partial charge in [0, 0.05) is 12.7 Å². The molecule has 4 nitrogen and oxygen atoms in total. The maximum Gasteiger partial charge on any atom is 0.129 e. The van der Waals surface area contributed by atoms with Gasteiger partial charge in [-0.05, 0) is 30.8 Å². The number of aliphatic hydroxyl groups excluding tert-OH is 1. The summed E-state index contributed by atoms with van der Waals surface area (Å²) in [6.07, 6.45) is 1.81. The van der Waals surface area contributed by atoms with Crippen LogP contribution < -0.4 is 0 Å².